The third kappa shape index (κ3) is 5.93. The van der Waals surface area contributed by atoms with Crippen molar-refractivity contribution in [2.75, 3.05) is 7.05 Å². The largest absolute Gasteiger partial charge is 0.459 e. The number of aliphatic hydroxyl groups excluding tert-OH is 3. The Hall–Kier alpha value is -0.850. The van der Waals surface area contributed by atoms with Crippen LogP contribution in [-0.2, 0) is 23.7 Å². The summed E-state index contributed by atoms with van der Waals surface area (Å²) in [6, 6.07) is -0.224. The summed E-state index contributed by atoms with van der Waals surface area (Å²) in [4.78, 5) is 13.3. The molecule has 38 heavy (non-hydrogen) atoms. The van der Waals surface area contributed by atoms with Gasteiger partial charge < -0.3 is 44.7 Å². The summed E-state index contributed by atoms with van der Waals surface area (Å²) in [5.74, 6) is -2.70. The molecule has 3 aliphatic rings. The van der Waals surface area contributed by atoms with Crippen LogP contribution in [0.3, 0.4) is 0 Å². The molecule has 0 aromatic rings. The third-order valence-corrected chi connectivity index (χ3v) is 9.37. The van der Waals surface area contributed by atoms with Crippen molar-refractivity contribution < 1.29 is 44.2 Å². The van der Waals surface area contributed by atoms with Crippen molar-refractivity contribution in [2.45, 2.75) is 141 Å². The summed E-state index contributed by atoms with van der Waals surface area (Å²) in [7, 11) is 1.78. The molecule has 3 saturated heterocycles. The first-order valence-corrected chi connectivity index (χ1v) is 14.2. The highest BCUT2D eigenvalue weighted by Gasteiger charge is 2.57. The molecule has 3 fully saturated rings. The average Bonchev–Trinajstić information content (AvgIpc) is 3.18. The van der Waals surface area contributed by atoms with Crippen molar-refractivity contribution in [3.63, 3.8) is 0 Å². The molecule has 0 saturated carbocycles. The van der Waals surface area contributed by atoms with Gasteiger partial charge in [0.15, 0.2) is 6.29 Å². The number of ether oxygens (including phenoxy) is 4. The van der Waals surface area contributed by atoms with Crippen molar-refractivity contribution in [1.82, 2.24) is 5.32 Å². The Labute approximate surface area is 227 Å². The van der Waals surface area contributed by atoms with Gasteiger partial charge in [-0.25, -0.2) is 0 Å². The smallest absolute Gasteiger partial charge is 0.311 e. The molecular formula is C28H51NO9. The number of esters is 1. The molecule has 0 aromatic heterocycles. The second kappa shape index (κ2) is 11.9. The van der Waals surface area contributed by atoms with Crippen LogP contribution in [0.25, 0.3) is 0 Å². The van der Waals surface area contributed by atoms with E-state index in [1.54, 1.807) is 27.8 Å². The lowest BCUT2D eigenvalue weighted by molar-refractivity contribution is -0.296. The number of cyclic esters (lactones) is 1. The lowest BCUT2D eigenvalue weighted by atomic mass is 9.76. The molecule has 0 aromatic carbocycles. The van der Waals surface area contributed by atoms with E-state index in [1.165, 1.54) is 6.92 Å². The van der Waals surface area contributed by atoms with Gasteiger partial charge in [0.2, 0.25) is 0 Å². The van der Waals surface area contributed by atoms with Gasteiger partial charge in [0, 0.05) is 17.9 Å². The van der Waals surface area contributed by atoms with E-state index in [-0.39, 0.29) is 24.5 Å². The van der Waals surface area contributed by atoms with Gasteiger partial charge in [0.25, 0.3) is 0 Å². The van der Waals surface area contributed by atoms with Crippen LogP contribution < -0.4 is 5.32 Å². The van der Waals surface area contributed by atoms with Gasteiger partial charge >= 0.3 is 5.97 Å². The topological polar surface area (TPSA) is 147 Å². The maximum Gasteiger partial charge on any atom is 0.311 e. The zero-order valence-corrected chi connectivity index (χ0v) is 24.5. The summed E-state index contributed by atoms with van der Waals surface area (Å²) in [6.07, 6.45) is -5.10. The zero-order valence-electron chi connectivity index (χ0n) is 24.5. The summed E-state index contributed by atoms with van der Waals surface area (Å²) in [6.45, 7) is 14.4. The lowest BCUT2D eigenvalue weighted by Gasteiger charge is -2.45. The fourth-order valence-corrected chi connectivity index (χ4v) is 7.00. The van der Waals surface area contributed by atoms with Crippen molar-refractivity contribution in [3.05, 3.63) is 0 Å². The molecular weight excluding hydrogens is 494 g/mol. The molecule has 0 radical (unpaired) electrons. The number of carbonyl (C=O) groups is 1. The standard InChI is InChI=1S/C28H51NO9/c1-10-19(30)28(8,34)24-17(6)22-13(2)12-27(7,38-22)23(15(4)20(31)16(5)25(33)36-24)37-26-21(32)18(29-9)11-14(3)35-26/h13-24,26,29-32,34H,10-12H2,1-9H3/t13?,14?,15-,16+,17-,18?,19+,20-,21?,22?,23+,24+,26-,27-,28+/m0/s1. The second-order valence-corrected chi connectivity index (χ2v) is 12.6. The average molecular weight is 546 g/mol. The molecule has 5 N–H and O–H groups in total. The molecule has 2 bridgehead atoms. The number of hydrogen-bond donors (Lipinski definition) is 5. The molecule has 0 spiro atoms. The molecule has 3 aliphatic heterocycles. The highest BCUT2D eigenvalue weighted by atomic mass is 16.7. The number of fused-ring (bicyclic) bond motifs is 2. The van der Waals surface area contributed by atoms with E-state index in [0.717, 1.165) is 0 Å². The summed E-state index contributed by atoms with van der Waals surface area (Å²) < 4.78 is 25.1. The summed E-state index contributed by atoms with van der Waals surface area (Å²) in [5.41, 5.74) is -2.63. The van der Waals surface area contributed by atoms with Crippen LogP contribution in [0.1, 0.15) is 74.7 Å². The zero-order chi connectivity index (χ0) is 28.7. The first kappa shape index (κ1) is 31.7. The first-order chi connectivity index (χ1) is 17.6. The number of likely N-dealkylation sites (N-methyl/N-ethyl adjacent to an activating group) is 1. The molecule has 3 heterocycles. The Morgan fingerprint density at radius 2 is 1.79 bits per heavy atom. The quantitative estimate of drug-likeness (QED) is 0.310. The minimum atomic E-state index is -1.73. The highest BCUT2D eigenvalue weighted by Crippen LogP contribution is 2.47. The van der Waals surface area contributed by atoms with Crippen molar-refractivity contribution in [2.24, 2.45) is 23.7 Å². The third-order valence-electron chi connectivity index (χ3n) is 9.37. The van der Waals surface area contributed by atoms with Crippen LogP contribution in [0.5, 0.6) is 0 Å². The van der Waals surface area contributed by atoms with Crippen LogP contribution in [0.15, 0.2) is 0 Å². The van der Waals surface area contributed by atoms with Gasteiger partial charge in [-0.15, -0.1) is 0 Å². The summed E-state index contributed by atoms with van der Waals surface area (Å²) >= 11 is 0. The number of aliphatic hydroxyl groups is 4. The Kier molecular flexibility index (Phi) is 9.96. The van der Waals surface area contributed by atoms with Crippen LogP contribution in [0.4, 0.5) is 0 Å². The number of hydrogen-bond acceptors (Lipinski definition) is 10. The van der Waals surface area contributed by atoms with Crippen LogP contribution >= 0.6 is 0 Å². The van der Waals surface area contributed by atoms with Gasteiger partial charge in [-0.2, -0.15) is 0 Å². The van der Waals surface area contributed by atoms with Crippen LogP contribution in [0.2, 0.25) is 0 Å². The molecule has 0 aliphatic carbocycles. The Morgan fingerprint density at radius 3 is 2.37 bits per heavy atom. The van der Waals surface area contributed by atoms with E-state index in [0.29, 0.717) is 12.8 Å². The molecule has 0 amide bonds. The molecule has 222 valence electrons. The van der Waals surface area contributed by atoms with Crippen LogP contribution in [-0.4, -0.2) is 99.7 Å². The van der Waals surface area contributed by atoms with E-state index >= 15 is 0 Å². The molecule has 15 atom stereocenters. The van der Waals surface area contributed by atoms with Crippen molar-refractivity contribution in [1.29, 1.82) is 0 Å². The lowest BCUT2D eigenvalue weighted by Crippen LogP contribution is -2.58. The van der Waals surface area contributed by atoms with Crippen LogP contribution in [0, 0.1) is 23.7 Å². The highest BCUT2D eigenvalue weighted by molar-refractivity contribution is 5.73. The Balaban J connectivity index is 2.03. The number of rotatable bonds is 6. The van der Waals surface area contributed by atoms with E-state index in [9.17, 15) is 25.2 Å². The monoisotopic (exact) mass is 545 g/mol. The summed E-state index contributed by atoms with van der Waals surface area (Å²) in [5, 5.41) is 47.6. The van der Waals surface area contributed by atoms with Gasteiger partial charge in [-0.05, 0) is 59.9 Å². The SMILES string of the molecule is CC[C@@H](O)[C@@](C)(O)[C@@H]1OC(=O)[C@H](C)[C@@H](O)[C@H](C)[C@@H](O[C@@H]2OC(C)CC(NC)C2O)[C@]2(C)CC(C)C(O2)[C@@H]1C. The van der Waals surface area contributed by atoms with Gasteiger partial charge in [-0.3, -0.25) is 4.79 Å². The molecule has 3 rings (SSSR count). The minimum absolute atomic E-state index is 0.0146. The fraction of sp³-hybridized carbons (Fsp3) is 0.964. The van der Waals surface area contributed by atoms with Gasteiger partial charge in [-0.1, -0.05) is 27.7 Å². The molecule has 10 heteroatoms. The Bertz CT molecular complexity index is 811. The second-order valence-electron chi connectivity index (χ2n) is 12.6. The number of carbonyl (C=O) groups excluding carboxylic acids is 1. The minimum Gasteiger partial charge on any atom is -0.459 e. The van der Waals surface area contributed by atoms with E-state index < -0.39 is 77.8 Å². The van der Waals surface area contributed by atoms with E-state index in [1.807, 2.05) is 27.7 Å². The van der Waals surface area contributed by atoms with E-state index in [4.69, 9.17) is 18.9 Å². The molecule has 5 unspecified atom stereocenters. The first-order valence-electron chi connectivity index (χ1n) is 14.2. The van der Waals surface area contributed by atoms with Crippen molar-refractivity contribution >= 4 is 5.97 Å². The normalized spacial score (nSPS) is 49.0. The van der Waals surface area contributed by atoms with E-state index in [2.05, 4.69) is 5.32 Å². The van der Waals surface area contributed by atoms with Gasteiger partial charge in [0.1, 0.15) is 17.8 Å². The Morgan fingerprint density at radius 1 is 1.16 bits per heavy atom. The predicted molar refractivity (Wildman–Crippen MR) is 140 cm³/mol. The maximum atomic E-state index is 13.3. The fourth-order valence-electron chi connectivity index (χ4n) is 7.00. The number of nitrogens with one attached hydrogen (secondary N) is 1. The maximum absolute atomic E-state index is 13.3. The molecule has 10 nitrogen and oxygen atoms in total. The predicted octanol–water partition coefficient (Wildman–Crippen LogP) is 1.36. The van der Waals surface area contributed by atoms with Crippen molar-refractivity contribution in [3.8, 4) is 0 Å². The van der Waals surface area contributed by atoms with Gasteiger partial charge in [0.05, 0.1) is 42.0 Å².